The number of piperidine rings is 1. The van der Waals surface area contributed by atoms with Crippen LogP contribution < -0.4 is 5.32 Å². The van der Waals surface area contributed by atoms with Gasteiger partial charge in [-0.1, -0.05) is 6.42 Å². The second-order valence-electron chi connectivity index (χ2n) is 3.91. The summed E-state index contributed by atoms with van der Waals surface area (Å²) in [6.07, 6.45) is 3.32. The maximum atomic E-state index is 12.0. The largest absolute Gasteiger partial charge is 0.383 e. The maximum Gasteiger partial charge on any atom is 0.239 e. The number of hydrogen-bond donors (Lipinski definition) is 1. The van der Waals surface area contributed by atoms with E-state index in [-0.39, 0.29) is 11.9 Å². The number of likely N-dealkylation sites (N-methyl/N-ethyl adjacent to an activating group) is 1. The van der Waals surface area contributed by atoms with Crippen LogP contribution in [0, 0.1) is 0 Å². The lowest BCUT2D eigenvalue weighted by Gasteiger charge is -2.29. The molecule has 0 spiro atoms. The monoisotopic (exact) mass is 214 g/mol. The minimum atomic E-state index is 0.0376. The predicted molar refractivity (Wildman–Crippen MR) is 59.8 cm³/mol. The van der Waals surface area contributed by atoms with Crippen molar-refractivity contribution in [2.24, 2.45) is 0 Å². The Morgan fingerprint density at radius 2 is 2.33 bits per heavy atom. The van der Waals surface area contributed by atoms with E-state index in [0.717, 1.165) is 25.9 Å². The van der Waals surface area contributed by atoms with Gasteiger partial charge in [-0.3, -0.25) is 4.79 Å². The van der Waals surface area contributed by atoms with Crippen LogP contribution in [0.1, 0.15) is 26.2 Å². The third-order valence-electron chi connectivity index (χ3n) is 2.87. The van der Waals surface area contributed by atoms with Crippen LogP contribution in [0.5, 0.6) is 0 Å². The first kappa shape index (κ1) is 12.5. The van der Waals surface area contributed by atoms with E-state index in [1.165, 1.54) is 6.42 Å². The standard InChI is InChI=1S/C11H22N2O2/c1-3-13(8-9-15-2)11(14)10-6-4-5-7-12-10/h10,12H,3-9H2,1-2H3/t10-/m1/s1. The number of carbonyl (C=O) groups is 1. The topological polar surface area (TPSA) is 41.6 Å². The summed E-state index contributed by atoms with van der Waals surface area (Å²) in [6, 6.07) is 0.0376. The lowest BCUT2D eigenvalue weighted by molar-refractivity contribution is -0.134. The molecule has 1 aliphatic heterocycles. The van der Waals surface area contributed by atoms with Crippen LogP contribution in [-0.2, 0) is 9.53 Å². The predicted octanol–water partition coefficient (Wildman–Crippen LogP) is 0.623. The van der Waals surface area contributed by atoms with E-state index < -0.39 is 0 Å². The molecule has 1 rings (SSSR count). The van der Waals surface area contributed by atoms with Gasteiger partial charge in [0.05, 0.1) is 12.6 Å². The van der Waals surface area contributed by atoms with E-state index in [0.29, 0.717) is 13.2 Å². The van der Waals surface area contributed by atoms with E-state index in [1.54, 1.807) is 7.11 Å². The molecule has 1 fully saturated rings. The molecule has 0 aliphatic carbocycles. The van der Waals surface area contributed by atoms with Gasteiger partial charge in [-0.05, 0) is 26.3 Å². The van der Waals surface area contributed by atoms with Crippen molar-refractivity contribution in [3.63, 3.8) is 0 Å². The molecule has 1 N–H and O–H groups in total. The number of methoxy groups -OCH3 is 1. The number of carbonyl (C=O) groups excluding carboxylic acids is 1. The number of amides is 1. The Bertz CT molecular complexity index is 191. The summed E-state index contributed by atoms with van der Waals surface area (Å²) in [5, 5.41) is 3.28. The van der Waals surface area contributed by atoms with Gasteiger partial charge < -0.3 is 15.0 Å². The van der Waals surface area contributed by atoms with Crippen LogP contribution in [0.2, 0.25) is 0 Å². The van der Waals surface area contributed by atoms with E-state index in [9.17, 15) is 4.79 Å². The number of hydrogen-bond acceptors (Lipinski definition) is 3. The van der Waals surface area contributed by atoms with Gasteiger partial charge in [0.25, 0.3) is 0 Å². The zero-order chi connectivity index (χ0) is 11.1. The van der Waals surface area contributed by atoms with E-state index in [2.05, 4.69) is 5.32 Å². The first-order chi connectivity index (χ1) is 7.29. The van der Waals surface area contributed by atoms with Crippen molar-refractivity contribution in [2.45, 2.75) is 32.2 Å². The Balaban J connectivity index is 2.40. The van der Waals surface area contributed by atoms with Crippen molar-refractivity contribution in [2.75, 3.05) is 33.4 Å². The summed E-state index contributed by atoms with van der Waals surface area (Å²) < 4.78 is 5.00. The number of rotatable bonds is 5. The van der Waals surface area contributed by atoms with Gasteiger partial charge in [-0.25, -0.2) is 0 Å². The summed E-state index contributed by atoms with van der Waals surface area (Å²) in [5.41, 5.74) is 0. The second kappa shape index (κ2) is 6.80. The Labute approximate surface area is 92.0 Å². The third kappa shape index (κ3) is 3.80. The highest BCUT2D eigenvalue weighted by Crippen LogP contribution is 2.09. The van der Waals surface area contributed by atoms with Crippen molar-refractivity contribution in [1.82, 2.24) is 10.2 Å². The van der Waals surface area contributed by atoms with Crippen molar-refractivity contribution < 1.29 is 9.53 Å². The van der Waals surface area contributed by atoms with Crippen molar-refractivity contribution in [3.05, 3.63) is 0 Å². The molecule has 1 aliphatic rings. The van der Waals surface area contributed by atoms with Crippen LogP contribution in [0.25, 0.3) is 0 Å². The third-order valence-corrected chi connectivity index (χ3v) is 2.87. The highest BCUT2D eigenvalue weighted by molar-refractivity contribution is 5.81. The fourth-order valence-corrected chi connectivity index (χ4v) is 1.91. The van der Waals surface area contributed by atoms with Gasteiger partial charge in [-0.2, -0.15) is 0 Å². The molecule has 1 saturated heterocycles. The Morgan fingerprint density at radius 1 is 1.53 bits per heavy atom. The molecule has 4 nitrogen and oxygen atoms in total. The minimum Gasteiger partial charge on any atom is -0.383 e. The second-order valence-corrected chi connectivity index (χ2v) is 3.91. The fourth-order valence-electron chi connectivity index (χ4n) is 1.91. The summed E-state index contributed by atoms with van der Waals surface area (Å²) in [5.74, 6) is 0.231. The Kier molecular flexibility index (Phi) is 5.65. The first-order valence-corrected chi connectivity index (χ1v) is 5.80. The van der Waals surface area contributed by atoms with Crippen LogP contribution in [0.3, 0.4) is 0 Å². The van der Waals surface area contributed by atoms with Gasteiger partial charge in [0.2, 0.25) is 5.91 Å². The zero-order valence-corrected chi connectivity index (χ0v) is 9.79. The van der Waals surface area contributed by atoms with Crippen LogP contribution in [-0.4, -0.2) is 50.2 Å². The molecular weight excluding hydrogens is 192 g/mol. The van der Waals surface area contributed by atoms with Gasteiger partial charge in [0.1, 0.15) is 0 Å². The molecule has 0 saturated carbocycles. The molecule has 15 heavy (non-hydrogen) atoms. The lowest BCUT2D eigenvalue weighted by atomic mass is 10.0. The van der Waals surface area contributed by atoms with Crippen LogP contribution in [0.15, 0.2) is 0 Å². The number of nitrogens with zero attached hydrogens (tertiary/aromatic N) is 1. The molecular formula is C11H22N2O2. The smallest absolute Gasteiger partial charge is 0.239 e. The van der Waals surface area contributed by atoms with E-state index in [4.69, 9.17) is 4.74 Å². The number of ether oxygens (including phenoxy) is 1. The van der Waals surface area contributed by atoms with Crippen molar-refractivity contribution in [3.8, 4) is 0 Å². The zero-order valence-electron chi connectivity index (χ0n) is 9.79. The average Bonchev–Trinajstić information content (AvgIpc) is 2.31. The molecule has 0 radical (unpaired) electrons. The highest BCUT2D eigenvalue weighted by Gasteiger charge is 2.24. The van der Waals surface area contributed by atoms with Crippen molar-refractivity contribution in [1.29, 1.82) is 0 Å². The van der Waals surface area contributed by atoms with Gasteiger partial charge >= 0.3 is 0 Å². The molecule has 1 atom stereocenters. The molecule has 88 valence electrons. The van der Waals surface area contributed by atoms with E-state index >= 15 is 0 Å². The summed E-state index contributed by atoms with van der Waals surface area (Å²) >= 11 is 0. The normalized spacial score (nSPS) is 21.3. The van der Waals surface area contributed by atoms with Crippen LogP contribution >= 0.6 is 0 Å². The molecule has 0 aromatic carbocycles. The molecule has 0 aromatic rings. The van der Waals surface area contributed by atoms with Gasteiger partial charge in [-0.15, -0.1) is 0 Å². The summed E-state index contributed by atoms with van der Waals surface area (Å²) in [7, 11) is 1.66. The van der Waals surface area contributed by atoms with Gasteiger partial charge in [0.15, 0.2) is 0 Å². The molecule has 1 heterocycles. The summed E-state index contributed by atoms with van der Waals surface area (Å²) in [6.45, 7) is 5.06. The van der Waals surface area contributed by atoms with Crippen molar-refractivity contribution >= 4 is 5.91 Å². The quantitative estimate of drug-likeness (QED) is 0.729. The molecule has 4 heteroatoms. The maximum absolute atomic E-state index is 12.0. The minimum absolute atomic E-state index is 0.0376. The van der Waals surface area contributed by atoms with Gasteiger partial charge in [0, 0.05) is 20.2 Å². The fraction of sp³-hybridized carbons (Fsp3) is 0.909. The lowest BCUT2D eigenvalue weighted by Crippen LogP contribution is -2.49. The first-order valence-electron chi connectivity index (χ1n) is 5.80. The molecule has 1 amide bonds. The SMILES string of the molecule is CCN(CCOC)C(=O)[C@H]1CCCCN1. The van der Waals surface area contributed by atoms with Crippen LogP contribution in [0.4, 0.5) is 0 Å². The Morgan fingerprint density at radius 3 is 2.87 bits per heavy atom. The highest BCUT2D eigenvalue weighted by atomic mass is 16.5. The average molecular weight is 214 g/mol. The Hall–Kier alpha value is -0.610. The molecule has 0 bridgehead atoms. The van der Waals surface area contributed by atoms with E-state index in [1.807, 2.05) is 11.8 Å². The number of nitrogens with one attached hydrogen (secondary N) is 1. The molecule has 0 unspecified atom stereocenters. The molecule has 0 aromatic heterocycles. The summed E-state index contributed by atoms with van der Waals surface area (Å²) in [4.78, 5) is 13.9.